The molecule has 2 heteroatoms. The largest absolute Gasteiger partial charge is 0.300 e. The van der Waals surface area contributed by atoms with Crippen LogP contribution in [-0.4, -0.2) is 42.0 Å². The summed E-state index contributed by atoms with van der Waals surface area (Å²) in [4.78, 5) is 5.42. The van der Waals surface area contributed by atoms with Gasteiger partial charge in [-0.25, -0.2) is 0 Å². The Labute approximate surface area is 110 Å². The van der Waals surface area contributed by atoms with Crippen LogP contribution < -0.4 is 0 Å². The van der Waals surface area contributed by atoms with Crippen LogP contribution in [0.4, 0.5) is 0 Å². The Kier molecular flexibility index (Phi) is 2.66. The second-order valence-corrected chi connectivity index (χ2v) is 6.38. The highest BCUT2D eigenvalue weighted by Crippen LogP contribution is 2.38. The monoisotopic (exact) mass is 242 g/mol. The molecule has 0 amide bonds. The zero-order chi connectivity index (χ0) is 11.9. The first-order chi connectivity index (χ1) is 8.88. The number of rotatable bonds is 3. The number of nitrogens with zero attached hydrogens (tertiary/aromatic N) is 2. The minimum atomic E-state index is 0.953. The van der Waals surface area contributed by atoms with Crippen LogP contribution >= 0.6 is 0 Å². The fourth-order valence-electron chi connectivity index (χ4n) is 3.84. The van der Waals surface area contributed by atoms with Gasteiger partial charge in [0, 0.05) is 38.8 Å². The van der Waals surface area contributed by atoms with Crippen LogP contribution in [0, 0.1) is 11.8 Å². The van der Waals surface area contributed by atoms with Crippen molar-refractivity contribution in [2.75, 3.05) is 26.2 Å². The van der Waals surface area contributed by atoms with E-state index in [0.717, 1.165) is 24.4 Å². The van der Waals surface area contributed by atoms with Crippen LogP contribution in [0.25, 0.3) is 0 Å². The quantitative estimate of drug-likeness (QED) is 0.802. The SMILES string of the molecule is c1ccc(CN2CC3CN(C4CC4)CC3C2)cc1. The lowest BCUT2D eigenvalue weighted by atomic mass is 10.0. The molecule has 4 rings (SSSR count). The van der Waals surface area contributed by atoms with Crippen LogP contribution in [0.2, 0.25) is 0 Å². The molecule has 0 radical (unpaired) electrons. The molecule has 3 aliphatic rings. The fraction of sp³-hybridized carbons (Fsp3) is 0.625. The molecule has 0 N–H and O–H groups in total. The Balaban J connectivity index is 1.35. The lowest BCUT2D eigenvalue weighted by Gasteiger charge is -2.21. The Hall–Kier alpha value is -0.860. The Morgan fingerprint density at radius 3 is 2.17 bits per heavy atom. The normalized spacial score (nSPS) is 32.9. The van der Waals surface area contributed by atoms with Gasteiger partial charge in [-0.1, -0.05) is 30.3 Å². The molecule has 1 aromatic carbocycles. The van der Waals surface area contributed by atoms with Gasteiger partial charge in [-0.05, 0) is 30.2 Å². The maximum Gasteiger partial charge on any atom is 0.0233 e. The summed E-state index contributed by atoms with van der Waals surface area (Å²) >= 11 is 0. The second-order valence-electron chi connectivity index (χ2n) is 6.38. The molecule has 0 bridgehead atoms. The van der Waals surface area contributed by atoms with Gasteiger partial charge in [-0.3, -0.25) is 9.80 Å². The van der Waals surface area contributed by atoms with E-state index in [1.807, 2.05) is 0 Å². The Morgan fingerprint density at radius 2 is 1.56 bits per heavy atom. The molecule has 96 valence electrons. The van der Waals surface area contributed by atoms with Gasteiger partial charge in [0.1, 0.15) is 0 Å². The molecule has 2 atom stereocenters. The first-order valence-electron chi connectivity index (χ1n) is 7.39. The van der Waals surface area contributed by atoms with Gasteiger partial charge in [-0.15, -0.1) is 0 Å². The van der Waals surface area contributed by atoms with Crippen LogP contribution in [0.15, 0.2) is 30.3 Å². The molecule has 3 fully saturated rings. The molecule has 0 aromatic heterocycles. The summed E-state index contributed by atoms with van der Waals surface area (Å²) in [7, 11) is 0. The maximum absolute atomic E-state index is 2.76. The van der Waals surface area contributed by atoms with E-state index in [1.54, 1.807) is 0 Å². The first kappa shape index (κ1) is 11.0. The Morgan fingerprint density at radius 1 is 0.889 bits per heavy atom. The van der Waals surface area contributed by atoms with Crippen molar-refractivity contribution in [3.05, 3.63) is 35.9 Å². The summed E-state index contributed by atoms with van der Waals surface area (Å²) in [5.41, 5.74) is 1.47. The zero-order valence-electron chi connectivity index (χ0n) is 11.0. The molecule has 2 unspecified atom stereocenters. The van der Waals surface area contributed by atoms with E-state index in [1.165, 1.54) is 44.6 Å². The lowest BCUT2D eigenvalue weighted by Crippen LogP contribution is -2.29. The predicted molar refractivity (Wildman–Crippen MR) is 73.3 cm³/mol. The molecule has 2 saturated heterocycles. The molecule has 2 nitrogen and oxygen atoms in total. The highest BCUT2D eigenvalue weighted by Gasteiger charge is 2.43. The van der Waals surface area contributed by atoms with Gasteiger partial charge in [0.2, 0.25) is 0 Å². The minimum absolute atomic E-state index is 0.953. The summed E-state index contributed by atoms with van der Waals surface area (Å²) in [5, 5.41) is 0. The molecule has 2 heterocycles. The zero-order valence-corrected chi connectivity index (χ0v) is 11.0. The smallest absolute Gasteiger partial charge is 0.0233 e. The molecular formula is C16H22N2. The topological polar surface area (TPSA) is 6.48 Å². The van der Waals surface area contributed by atoms with Gasteiger partial charge in [0.15, 0.2) is 0 Å². The highest BCUT2D eigenvalue weighted by molar-refractivity contribution is 5.15. The summed E-state index contributed by atoms with van der Waals surface area (Å²) < 4.78 is 0. The molecule has 2 aliphatic heterocycles. The van der Waals surface area contributed by atoms with E-state index in [2.05, 4.69) is 40.1 Å². The molecule has 1 aromatic rings. The van der Waals surface area contributed by atoms with Gasteiger partial charge in [0.05, 0.1) is 0 Å². The van der Waals surface area contributed by atoms with Crippen molar-refractivity contribution in [1.82, 2.24) is 9.80 Å². The lowest BCUT2D eigenvalue weighted by molar-refractivity contribution is 0.245. The number of hydrogen-bond acceptors (Lipinski definition) is 2. The van der Waals surface area contributed by atoms with E-state index < -0.39 is 0 Å². The molecule has 1 aliphatic carbocycles. The van der Waals surface area contributed by atoms with Gasteiger partial charge >= 0.3 is 0 Å². The van der Waals surface area contributed by atoms with E-state index >= 15 is 0 Å². The van der Waals surface area contributed by atoms with Crippen LogP contribution in [0.5, 0.6) is 0 Å². The van der Waals surface area contributed by atoms with Crippen molar-refractivity contribution in [2.24, 2.45) is 11.8 Å². The van der Waals surface area contributed by atoms with Crippen molar-refractivity contribution in [3.63, 3.8) is 0 Å². The van der Waals surface area contributed by atoms with Gasteiger partial charge < -0.3 is 0 Å². The van der Waals surface area contributed by atoms with Crippen LogP contribution in [0.3, 0.4) is 0 Å². The van der Waals surface area contributed by atoms with E-state index in [4.69, 9.17) is 0 Å². The van der Waals surface area contributed by atoms with E-state index in [9.17, 15) is 0 Å². The number of benzene rings is 1. The third-order valence-corrected chi connectivity index (χ3v) is 4.90. The Bertz CT molecular complexity index is 398. The minimum Gasteiger partial charge on any atom is -0.300 e. The fourth-order valence-corrected chi connectivity index (χ4v) is 3.84. The van der Waals surface area contributed by atoms with Gasteiger partial charge in [-0.2, -0.15) is 0 Å². The maximum atomic E-state index is 2.76. The van der Waals surface area contributed by atoms with Crippen molar-refractivity contribution in [3.8, 4) is 0 Å². The standard InChI is InChI=1S/C16H22N2/c1-2-4-13(5-3-1)8-17-9-14-11-18(16-6-7-16)12-15(14)10-17/h1-5,14-16H,6-12H2. The van der Waals surface area contributed by atoms with Crippen molar-refractivity contribution >= 4 is 0 Å². The van der Waals surface area contributed by atoms with Crippen molar-refractivity contribution in [2.45, 2.75) is 25.4 Å². The predicted octanol–water partition coefficient (Wildman–Crippen LogP) is 2.21. The third kappa shape index (κ3) is 2.08. The third-order valence-electron chi connectivity index (χ3n) is 4.90. The second kappa shape index (κ2) is 4.36. The van der Waals surface area contributed by atoms with Crippen molar-refractivity contribution in [1.29, 1.82) is 0 Å². The number of hydrogen-bond donors (Lipinski definition) is 0. The molecular weight excluding hydrogens is 220 g/mol. The molecule has 1 saturated carbocycles. The average molecular weight is 242 g/mol. The highest BCUT2D eigenvalue weighted by atomic mass is 15.3. The molecule has 0 spiro atoms. The summed E-state index contributed by atoms with van der Waals surface area (Å²) in [6.07, 6.45) is 2.93. The van der Waals surface area contributed by atoms with Gasteiger partial charge in [0.25, 0.3) is 0 Å². The number of likely N-dealkylation sites (tertiary alicyclic amines) is 2. The summed E-state index contributed by atoms with van der Waals surface area (Å²) in [5.74, 6) is 1.91. The van der Waals surface area contributed by atoms with Crippen LogP contribution in [0.1, 0.15) is 18.4 Å². The van der Waals surface area contributed by atoms with E-state index in [-0.39, 0.29) is 0 Å². The van der Waals surface area contributed by atoms with Crippen molar-refractivity contribution < 1.29 is 0 Å². The molecule has 18 heavy (non-hydrogen) atoms. The average Bonchev–Trinajstić information content (AvgIpc) is 3.05. The number of fused-ring (bicyclic) bond motifs is 1. The summed E-state index contributed by atoms with van der Waals surface area (Å²) in [6, 6.07) is 11.9. The first-order valence-corrected chi connectivity index (χ1v) is 7.39. The van der Waals surface area contributed by atoms with E-state index in [0.29, 0.717) is 0 Å². The van der Waals surface area contributed by atoms with Crippen LogP contribution in [-0.2, 0) is 6.54 Å². The summed E-state index contributed by atoms with van der Waals surface area (Å²) in [6.45, 7) is 6.55.